The fourth-order valence-corrected chi connectivity index (χ4v) is 2.01. The molecule has 2 rings (SSSR count). The lowest BCUT2D eigenvalue weighted by molar-refractivity contribution is 1.35. The van der Waals surface area contributed by atoms with Crippen molar-refractivity contribution in [3.8, 4) is 0 Å². The van der Waals surface area contributed by atoms with Crippen molar-refractivity contribution in [2.24, 2.45) is 0 Å². The predicted octanol–water partition coefficient (Wildman–Crippen LogP) is 4.49. The first-order valence-corrected chi connectivity index (χ1v) is 5.35. The van der Waals surface area contributed by atoms with Crippen LogP contribution in [-0.4, -0.2) is 0 Å². The summed E-state index contributed by atoms with van der Waals surface area (Å²) >= 11 is 0. The number of benzene rings is 2. The van der Waals surface area contributed by atoms with Gasteiger partial charge in [-0.25, -0.2) is 0 Å². The van der Waals surface area contributed by atoms with Gasteiger partial charge in [0.25, 0.3) is 0 Å². The second-order valence-electron chi connectivity index (χ2n) is 3.95. The quantitative estimate of drug-likeness (QED) is 0.630. The topological polar surface area (TPSA) is 0 Å². The summed E-state index contributed by atoms with van der Waals surface area (Å²) in [6.45, 7) is 6.43. The Morgan fingerprint density at radius 2 is 1.80 bits per heavy atom. The van der Waals surface area contributed by atoms with Crippen LogP contribution in [0.3, 0.4) is 0 Å². The summed E-state index contributed by atoms with van der Waals surface area (Å²) < 4.78 is 0. The lowest BCUT2D eigenvalue weighted by Crippen LogP contribution is -1.88. The van der Waals surface area contributed by atoms with E-state index >= 15 is 0 Å². The zero-order valence-electron chi connectivity index (χ0n) is 9.54. The molecule has 0 amide bonds. The van der Waals surface area contributed by atoms with Crippen LogP contribution in [0.1, 0.15) is 23.6 Å². The summed E-state index contributed by atoms with van der Waals surface area (Å²) in [5.41, 5.74) is 4.10. The lowest BCUT2D eigenvalue weighted by atomic mass is 9.95. The Labute approximate surface area is 91.2 Å². The fourth-order valence-electron chi connectivity index (χ4n) is 2.01. The number of aryl methyl sites for hydroxylation is 1. The molecule has 0 N–H and O–H groups in total. The largest absolute Gasteiger partial charge is 0.0870 e. The number of hydrogen-bond donors (Lipinski definition) is 0. The van der Waals surface area contributed by atoms with Crippen LogP contribution < -0.4 is 0 Å². The minimum atomic E-state index is 1.33. The van der Waals surface area contributed by atoms with Gasteiger partial charge in [-0.1, -0.05) is 42.5 Å². The van der Waals surface area contributed by atoms with Crippen LogP contribution in [0.25, 0.3) is 16.8 Å². The molecule has 0 bridgehead atoms. The molecule has 0 nitrogen and oxygen atoms in total. The van der Waals surface area contributed by atoms with Crippen LogP contribution >= 0.6 is 0 Å². The average molecular weight is 196 g/mol. The molecular formula is C15H16. The van der Waals surface area contributed by atoms with Crippen LogP contribution in [0, 0.1) is 13.8 Å². The van der Waals surface area contributed by atoms with Gasteiger partial charge < -0.3 is 0 Å². The van der Waals surface area contributed by atoms with Gasteiger partial charge in [0.05, 0.1) is 0 Å². The van der Waals surface area contributed by atoms with Gasteiger partial charge in [-0.05, 0) is 48.2 Å². The minimum absolute atomic E-state index is 1.33. The van der Waals surface area contributed by atoms with Crippen molar-refractivity contribution < 1.29 is 0 Å². The Balaban J connectivity index is 2.89. The molecule has 2 aromatic carbocycles. The monoisotopic (exact) mass is 196 g/mol. The molecule has 15 heavy (non-hydrogen) atoms. The van der Waals surface area contributed by atoms with Gasteiger partial charge in [-0.15, -0.1) is 0 Å². The van der Waals surface area contributed by atoms with Crippen LogP contribution in [-0.2, 0) is 0 Å². The van der Waals surface area contributed by atoms with E-state index in [9.17, 15) is 0 Å². The highest BCUT2D eigenvalue weighted by Crippen LogP contribution is 2.26. The SMILES string of the molecule is C/C=C\c1c(C)c(C)cc2ccccc12. The molecule has 0 saturated carbocycles. The molecule has 0 radical (unpaired) electrons. The van der Waals surface area contributed by atoms with Crippen molar-refractivity contribution in [1.82, 2.24) is 0 Å². The van der Waals surface area contributed by atoms with Crippen molar-refractivity contribution in [3.63, 3.8) is 0 Å². The van der Waals surface area contributed by atoms with E-state index in [4.69, 9.17) is 0 Å². The first-order chi connectivity index (χ1) is 7.24. The second-order valence-corrected chi connectivity index (χ2v) is 3.95. The zero-order chi connectivity index (χ0) is 10.8. The number of fused-ring (bicyclic) bond motifs is 1. The smallest absolute Gasteiger partial charge is 0.0109 e. The van der Waals surface area contributed by atoms with E-state index in [0.717, 1.165) is 0 Å². The van der Waals surface area contributed by atoms with Gasteiger partial charge in [0, 0.05) is 0 Å². The Morgan fingerprint density at radius 1 is 1.07 bits per heavy atom. The second kappa shape index (κ2) is 3.90. The Morgan fingerprint density at radius 3 is 2.53 bits per heavy atom. The van der Waals surface area contributed by atoms with Gasteiger partial charge in [0.15, 0.2) is 0 Å². The van der Waals surface area contributed by atoms with E-state index in [1.807, 2.05) is 0 Å². The lowest BCUT2D eigenvalue weighted by Gasteiger charge is -2.09. The number of hydrogen-bond acceptors (Lipinski definition) is 0. The maximum Gasteiger partial charge on any atom is -0.0109 e. The fraction of sp³-hybridized carbons (Fsp3) is 0.200. The highest BCUT2D eigenvalue weighted by Gasteiger charge is 2.04. The third-order valence-corrected chi connectivity index (χ3v) is 2.95. The maximum absolute atomic E-state index is 2.26. The summed E-state index contributed by atoms with van der Waals surface area (Å²) in [5, 5.41) is 2.67. The molecular weight excluding hydrogens is 180 g/mol. The molecule has 0 aliphatic heterocycles. The molecule has 0 saturated heterocycles. The van der Waals surface area contributed by atoms with E-state index in [2.05, 4.69) is 63.3 Å². The van der Waals surface area contributed by atoms with Crippen molar-refractivity contribution in [3.05, 3.63) is 53.1 Å². The highest BCUT2D eigenvalue weighted by molar-refractivity contribution is 5.92. The van der Waals surface area contributed by atoms with E-state index in [-0.39, 0.29) is 0 Å². The Bertz CT molecular complexity index is 519. The molecule has 0 unspecified atom stereocenters. The first kappa shape index (κ1) is 9.97. The van der Waals surface area contributed by atoms with E-state index in [1.54, 1.807) is 0 Å². The zero-order valence-corrected chi connectivity index (χ0v) is 9.54. The van der Waals surface area contributed by atoms with Gasteiger partial charge >= 0.3 is 0 Å². The van der Waals surface area contributed by atoms with Crippen LogP contribution in [0.2, 0.25) is 0 Å². The summed E-state index contributed by atoms with van der Waals surface area (Å²) in [7, 11) is 0. The molecule has 0 heterocycles. The third-order valence-electron chi connectivity index (χ3n) is 2.95. The highest BCUT2D eigenvalue weighted by atomic mass is 14.1. The molecule has 0 aromatic heterocycles. The van der Waals surface area contributed by atoms with Crippen molar-refractivity contribution >= 4 is 16.8 Å². The van der Waals surface area contributed by atoms with E-state index < -0.39 is 0 Å². The summed E-state index contributed by atoms with van der Waals surface area (Å²) in [5.74, 6) is 0. The van der Waals surface area contributed by atoms with Gasteiger partial charge in [-0.3, -0.25) is 0 Å². The van der Waals surface area contributed by atoms with Crippen LogP contribution in [0.4, 0.5) is 0 Å². The predicted molar refractivity (Wildman–Crippen MR) is 68.1 cm³/mol. The molecule has 0 aliphatic rings. The molecule has 0 aliphatic carbocycles. The minimum Gasteiger partial charge on any atom is -0.0870 e. The van der Waals surface area contributed by atoms with Crippen LogP contribution in [0.15, 0.2) is 36.4 Å². The standard InChI is InChI=1S/C15H16/c1-4-7-14-12(3)11(2)10-13-8-5-6-9-15(13)14/h4-10H,1-3H3/b7-4-. The Hall–Kier alpha value is -1.56. The van der Waals surface area contributed by atoms with Crippen molar-refractivity contribution in [2.75, 3.05) is 0 Å². The summed E-state index contributed by atoms with van der Waals surface area (Å²) in [6, 6.07) is 10.8. The van der Waals surface area contributed by atoms with E-state index in [1.165, 1.54) is 27.5 Å². The van der Waals surface area contributed by atoms with Crippen molar-refractivity contribution in [2.45, 2.75) is 20.8 Å². The third kappa shape index (κ3) is 1.68. The van der Waals surface area contributed by atoms with Crippen molar-refractivity contribution in [1.29, 1.82) is 0 Å². The average Bonchev–Trinajstić information content (AvgIpc) is 2.25. The Kier molecular flexibility index (Phi) is 2.59. The molecule has 76 valence electrons. The molecule has 0 heteroatoms. The molecule has 0 spiro atoms. The normalized spacial score (nSPS) is 11.4. The molecule has 2 aromatic rings. The number of allylic oxidation sites excluding steroid dienone is 1. The van der Waals surface area contributed by atoms with E-state index in [0.29, 0.717) is 0 Å². The van der Waals surface area contributed by atoms with Gasteiger partial charge in [0.1, 0.15) is 0 Å². The summed E-state index contributed by atoms with van der Waals surface area (Å²) in [4.78, 5) is 0. The molecule has 0 atom stereocenters. The van der Waals surface area contributed by atoms with Gasteiger partial charge in [0.2, 0.25) is 0 Å². The first-order valence-electron chi connectivity index (χ1n) is 5.35. The van der Waals surface area contributed by atoms with Gasteiger partial charge in [-0.2, -0.15) is 0 Å². The van der Waals surface area contributed by atoms with Crippen LogP contribution in [0.5, 0.6) is 0 Å². The summed E-state index contributed by atoms with van der Waals surface area (Å²) in [6.07, 6.45) is 4.30. The molecule has 0 fully saturated rings. The number of rotatable bonds is 1. The maximum atomic E-state index is 2.26.